The summed E-state index contributed by atoms with van der Waals surface area (Å²) in [6.07, 6.45) is 8.63. The summed E-state index contributed by atoms with van der Waals surface area (Å²) >= 11 is 6.61. The van der Waals surface area contributed by atoms with Gasteiger partial charge in [-0.2, -0.15) is 0 Å². The topological polar surface area (TPSA) is 91.8 Å². The highest BCUT2D eigenvalue weighted by Crippen LogP contribution is 2.46. The fourth-order valence-corrected chi connectivity index (χ4v) is 5.02. The minimum Gasteiger partial charge on any atom is -0.356 e. The number of pyridine rings is 3. The van der Waals surface area contributed by atoms with E-state index in [-0.39, 0.29) is 5.82 Å². The van der Waals surface area contributed by atoms with Crippen LogP contribution in [0.3, 0.4) is 0 Å². The van der Waals surface area contributed by atoms with E-state index >= 15 is 0 Å². The normalized spacial score (nSPS) is 16.2. The lowest BCUT2D eigenvalue weighted by Crippen LogP contribution is -2.41. The Bertz CT molecular complexity index is 1470. The van der Waals surface area contributed by atoms with Gasteiger partial charge >= 0.3 is 0 Å². The van der Waals surface area contributed by atoms with Crippen LogP contribution in [0.4, 0.5) is 26.2 Å². The Morgan fingerprint density at radius 2 is 1.84 bits per heavy atom. The Kier molecular flexibility index (Phi) is 6.29. The first kappa shape index (κ1) is 23.9. The number of fused-ring (bicyclic) bond motifs is 1. The molecule has 6 rings (SSSR count). The molecule has 0 atom stereocenters. The molecule has 11 heteroatoms. The van der Waals surface area contributed by atoms with Gasteiger partial charge in [0, 0.05) is 37.1 Å². The monoisotopic (exact) mass is 522 g/mol. The summed E-state index contributed by atoms with van der Waals surface area (Å²) in [7, 11) is 2.08. The Balaban J connectivity index is 1.45. The lowest BCUT2D eigenvalue weighted by atomic mass is 10.0. The van der Waals surface area contributed by atoms with Gasteiger partial charge in [0.1, 0.15) is 23.0 Å². The SMILES string of the molecule is CN(c1nc(-c2ccnc(Nc3ncc(F)cc3F)c2)nc2c(Cl)ncc(C3CC3)c12)C1CCNCC1. The Hall–Kier alpha value is -3.50. The van der Waals surface area contributed by atoms with Crippen molar-refractivity contribution in [2.24, 2.45) is 0 Å². The number of piperidine rings is 1. The Morgan fingerprint density at radius 3 is 2.59 bits per heavy atom. The van der Waals surface area contributed by atoms with Gasteiger partial charge in [-0.05, 0) is 62.4 Å². The van der Waals surface area contributed by atoms with Gasteiger partial charge in [0.15, 0.2) is 22.6 Å². The van der Waals surface area contributed by atoms with Crippen LogP contribution in [0.2, 0.25) is 5.15 Å². The van der Waals surface area contributed by atoms with Crippen LogP contribution in [0.5, 0.6) is 0 Å². The number of rotatable bonds is 6. The quantitative estimate of drug-likeness (QED) is 0.333. The molecule has 1 aliphatic heterocycles. The van der Waals surface area contributed by atoms with Crippen molar-refractivity contribution in [3.8, 4) is 11.4 Å². The van der Waals surface area contributed by atoms with Crippen LogP contribution < -0.4 is 15.5 Å². The molecular formula is C26H25ClF2N8. The first-order chi connectivity index (χ1) is 18.0. The molecule has 1 saturated heterocycles. The largest absolute Gasteiger partial charge is 0.356 e. The van der Waals surface area contributed by atoms with Gasteiger partial charge in [-0.1, -0.05) is 11.6 Å². The van der Waals surface area contributed by atoms with Crippen molar-refractivity contribution in [3.05, 3.63) is 59.1 Å². The second-order valence-corrected chi connectivity index (χ2v) is 9.86. The maximum absolute atomic E-state index is 14.2. The summed E-state index contributed by atoms with van der Waals surface area (Å²) in [5.74, 6) is 0.355. The van der Waals surface area contributed by atoms with Crippen LogP contribution in [-0.4, -0.2) is 51.1 Å². The van der Waals surface area contributed by atoms with E-state index in [9.17, 15) is 8.78 Å². The molecule has 8 nitrogen and oxygen atoms in total. The van der Waals surface area contributed by atoms with Crippen LogP contribution in [-0.2, 0) is 0 Å². The third-order valence-electron chi connectivity index (χ3n) is 6.97. The third kappa shape index (κ3) is 4.78. The van der Waals surface area contributed by atoms with Crippen LogP contribution in [0.15, 0.2) is 36.8 Å². The molecular weight excluding hydrogens is 498 g/mol. The minimum atomic E-state index is -0.814. The van der Waals surface area contributed by atoms with Gasteiger partial charge < -0.3 is 15.5 Å². The molecule has 0 aromatic carbocycles. The Labute approximate surface area is 217 Å². The van der Waals surface area contributed by atoms with Crippen molar-refractivity contribution in [2.75, 3.05) is 30.4 Å². The molecule has 2 aliphatic rings. The van der Waals surface area contributed by atoms with Gasteiger partial charge in [-0.25, -0.2) is 33.7 Å². The first-order valence-electron chi connectivity index (χ1n) is 12.3. The van der Waals surface area contributed by atoms with Gasteiger partial charge in [0.25, 0.3) is 0 Å². The number of anilines is 3. The summed E-state index contributed by atoms with van der Waals surface area (Å²) in [6, 6.07) is 4.57. The fraction of sp³-hybridized carbons (Fsp3) is 0.346. The molecule has 0 spiro atoms. The van der Waals surface area contributed by atoms with E-state index in [2.05, 4.69) is 37.5 Å². The minimum absolute atomic E-state index is 0.127. The third-order valence-corrected chi connectivity index (χ3v) is 7.25. The highest BCUT2D eigenvalue weighted by atomic mass is 35.5. The van der Waals surface area contributed by atoms with Gasteiger partial charge in [0.05, 0.1) is 11.6 Å². The number of nitrogens with one attached hydrogen (secondary N) is 2. The zero-order chi connectivity index (χ0) is 25.5. The summed E-state index contributed by atoms with van der Waals surface area (Å²) < 4.78 is 27.4. The smallest absolute Gasteiger partial charge is 0.168 e. The van der Waals surface area contributed by atoms with Crippen LogP contribution in [0.1, 0.15) is 37.2 Å². The molecule has 1 saturated carbocycles. The van der Waals surface area contributed by atoms with Gasteiger partial charge in [0.2, 0.25) is 0 Å². The molecule has 0 unspecified atom stereocenters. The highest BCUT2D eigenvalue weighted by Gasteiger charge is 2.31. The van der Waals surface area contributed by atoms with E-state index < -0.39 is 11.6 Å². The molecule has 5 heterocycles. The maximum Gasteiger partial charge on any atom is 0.168 e. The van der Waals surface area contributed by atoms with Gasteiger partial charge in [-0.3, -0.25) is 0 Å². The maximum atomic E-state index is 14.2. The predicted molar refractivity (Wildman–Crippen MR) is 139 cm³/mol. The average molecular weight is 523 g/mol. The summed E-state index contributed by atoms with van der Waals surface area (Å²) in [4.78, 5) is 24.6. The summed E-state index contributed by atoms with van der Waals surface area (Å²) in [6.45, 7) is 1.91. The van der Waals surface area contributed by atoms with E-state index in [1.165, 1.54) is 0 Å². The second kappa shape index (κ2) is 9.75. The van der Waals surface area contributed by atoms with E-state index in [1.807, 2.05) is 6.20 Å². The van der Waals surface area contributed by atoms with Crippen molar-refractivity contribution < 1.29 is 8.78 Å². The van der Waals surface area contributed by atoms with E-state index in [4.69, 9.17) is 21.6 Å². The number of halogens is 3. The summed E-state index contributed by atoms with van der Waals surface area (Å²) in [5, 5.41) is 7.51. The molecule has 190 valence electrons. The highest BCUT2D eigenvalue weighted by molar-refractivity contribution is 6.34. The zero-order valence-electron chi connectivity index (χ0n) is 20.2. The predicted octanol–water partition coefficient (Wildman–Crippen LogP) is 5.22. The molecule has 2 fully saturated rings. The molecule has 37 heavy (non-hydrogen) atoms. The molecule has 1 aliphatic carbocycles. The zero-order valence-corrected chi connectivity index (χ0v) is 20.9. The molecule has 0 radical (unpaired) electrons. The molecule has 0 bridgehead atoms. The van der Waals surface area contributed by atoms with Crippen LogP contribution >= 0.6 is 11.6 Å². The number of aromatic nitrogens is 5. The second-order valence-electron chi connectivity index (χ2n) is 9.50. The van der Waals surface area contributed by atoms with Crippen LogP contribution in [0, 0.1) is 11.6 Å². The van der Waals surface area contributed by atoms with Crippen molar-refractivity contribution in [1.82, 2.24) is 30.2 Å². The molecule has 4 aromatic heterocycles. The lowest BCUT2D eigenvalue weighted by molar-refractivity contribution is 0.442. The van der Waals surface area contributed by atoms with E-state index in [0.717, 1.165) is 67.8 Å². The fourth-order valence-electron chi connectivity index (χ4n) is 4.84. The first-order valence-corrected chi connectivity index (χ1v) is 12.7. The molecule has 2 N–H and O–H groups in total. The standard InChI is InChI=1S/C26H25ClF2N8/c1-37(17-5-7-30-8-6-17)26-21-18(14-2-3-14)13-32-23(27)22(21)35-24(36-26)15-4-9-31-20(10-15)34-25-19(29)11-16(28)12-33-25/h4,9-14,17,30H,2-3,5-8H2,1H3,(H,31,33,34). The van der Waals surface area contributed by atoms with E-state index in [1.54, 1.807) is 18.3 Å². The molecule has 0 amide bonds. The molecule has 4 aromatic rings. The Morgan fingerprint density at radius 1 is 1.03 bits per heavy atom. The lowest BCUT2D eigenvalue weighted by Gasteiger charge is -2.33. The van der Waals surface area contributed by atoms with Crippen molar-refractivity contribution >= 4 is 40.0 Å². The van der Waals surface area contributed by atoms with E-state index in [0.29, 0.717) is 39.8 Å². The van der Waals surface area contributed by atoms with Crippen molar-refractivity contribution in [1.29, 1.82) is 0 Å². The van der Waals surface area contributed by atoms with Crippen molar-refractivity contribution in [3.63, 3.8) is 0 Å². The summed E-state index contributed by atoms with van der Waals surface area (Å²) in [5.41, 5.74) is 2.41. The number of hydrogen-bond acceptors (Lipinski definition) is 8. The van der Waals surface area contributed by atoms with Crippen LogP contribution in [0.25, 0.3) is 22.3 Å². The number of hydrogen-bond donors (Lipinski definition) is 2. The number of nitrogens with zero attached hydrogens (tertiary/aromatic N) is 6. The van der Waals surface area contributed by atoms with Crippen molar-refractivity contribution in [2.45, 2.75) is 37.6 Å². The van der Waals surface area contributed by atoms with Gasteiger partial charge in [-0.15, -0.1) is 0 Å². The average Bonchev–Trinajstić information content (AvgIpc) is 3.76.